The van der Waals surface area contributed by atoms with Gasteiger partial charge in [-0.05, 0) is 32.4 Å². The van der Waals surface area contributed by atoms with Gasteiger partial charge in [-0.3, -0.25) is 4.79 Å². The number of hydrogen-bond acceptors (Lipinski definition) is 2. The Balaban J connectivity index is 2.26. The third-order valence-electron chi connectivity index (χ3n) is 2.52. The molecule has 0 radical (unpaired) electrons. The smallest absolute Gasteiger partial charge is 0.259 e. The summed E-state index contributed by atoms with van der Waals surface area (Å²) >= 11 is 0.0507. The molecule has 0 saturated carbocycles. The third-order valence-corrected chi connectivity index (χ3v) is 4.07. The molecular formula is C13H9IN2O. The van der Waals surface area contributed by atoms with Gasteiger partial charge < -0.3 is 4.98 Å². The lowest BCUT2D eigenvalue weighted by atomic mass is 10.2. The van der Waals surface area contributed by atoms with Crippen molar-refractivity contribution in [3.8, 4) is 0 Å². The van der Waals surface area contributed by atoms with Gasteiger partial charge in [0.05, 0.1) is 10.9 Å². The molecule has 3 nitrogen and oxygen atoms in total. The maximum absolute atomic E-state index is 11.9. The highest BCUT2D eigenvalue weighted by Crippen LogP contribution is 2.18. The standard InChI is InChI=1S/C13H9IN2O/c17-13-10-3-1-2-4-11(10)15-12(16-13)9-5-7-14-8-6-9/h1-8H,(H,15,16,17). The molecule has 0 bridgehead atoms. The fourth-order valence-electron chi connectivity index (χ4n) is 1.69. The number of fused-ring (bicyclic) bond motifs is 1. The lowest BCUT2D eigenvalue weighted by molar-refractivity contribution is 1.13. The molecule has 0 amide bonds. The zero-order valence-corrected chi connectivity index (χ0v) is 11.0. The Morgan fingerprint density at radius 3 is 2.94 bits per heavy atom. The second kappa shape index (κ2) is 4.37. The van der Waals surface area contributed by atoms with Crippen LogP contribution in [0.4, 0.5) is 0 Å². The summed E-state index contributed by atoms with van der Waals surface area (Å²) in [6.45, 7) is 0. The van der Waals surface area contributed by atoms with Gasteiger partial charge in [-0.1, -0.05) is 32.9 Å². The fourth-order valence-corrected chi connectivity index (χ4v) is 3.12. The van der Waals surface area contributed by atoms with Gasteiger partial charge >= 0.3 is 0 Å². The highest BCUT2D eigenvalue weighted by molar-refractivity contribution is 14.2. The summed E-state index contributed by atoms with van der Waals surface area (Å²) in [5, 5.41) is 0.632. The van der Waals surface area contributed by atoms with Crippen molar-refractivity contribution in [3.63, 3.8) is 0 Å². The van der Waals surface area contributed by atoms with Gasteiger partial charge in [0.15, 0.2) is 0 Å². The summed E-state index contributed by atoms with van der Waals surface area (Å²) in [6, 6.07) is 7.38. The molecule has 0 fully saturated rings. The zero-order chi connectivity index (χ0) is 11.7. The zero-order valence-electron chi connectivity index (χ0n) is 8.85. The van der Waals surface area contributed by atoms with Crippen molar-refractivity contribution in [2.45, 2.75) is 0 Å². The van der Waals surface area contributed by atoms with Gasteiger partial charge in [0.2, 0.25) is 0 Å². The maximum atomic E-state index is 11.9. The van der Waals surface area contributed by atoms with E-state index in [0.717, 1.165) is 11.1 Å². The molecule has 2 aromatic rings. The highest BCUT2D eigenvalue weighted by Gasteiger charge is 2.05. The maximum Gasteiger partial charge on any atom is 0.259 e. The van der Waals surface area contributed by atoms with Crippen molar-refractivity contribution < 1.29 is 0 Å². The predicted octanol–water partition coefficient (Wildman–Crippen LogP) is 2.61. The summed E-state index contributed by atoms with van der Waals surface area (Å²) in [4.78, 5) is 19.2. The van der Waals surface area contributed by atoms with Crippen LogP contribution in [-0.2, 0) is 0 Å². The van der Waals surface area contributed by atoms with E-state index in [0.29, 0.717) is 11.2 Å². The van der Waals surface area contributed by atoms with Crippen LogP contribution < -0.4 is 5.56 Å². The van der Waals surface area contributed by atoms with Gasteiger partial charge in [0.25, 0.3) is 5.56 Å². The second-order valence-electron chi connectivity index (χ2n) is 3.60. The van der Waals surface area contributed by atoms with E-state index in [9.17, 15) is 4.79 Å². The second-order valence-corrected chi connectivity index (χ2v) is 5.76. The van der Waals surface area contributed by atoms with Crippen molar-refractivity contribution in [2.75, 3.05) is 0 Å². The Kier molecular flexibility index (Phi) is 2.72. The van der Waals surface area contributed by atoms with Crippen LogP contribution in [0.15, 0.2) is 45.3 Å². The molecule has 3 rings (SSSR count). The van der Waals surface area contributed by atoms with Crippen molar-refractivity contribution in [1.82, 2.24) is 9.97 Å². The van der Waals surface area contributed by atoms with Crippen LogP contribution in [0.5, 0.6) is 0 Å². The Labute approximate surface area is 108 Å². The number of hydrogen-bond donors (Lipinski definition) is 1. The van der Waals surface area contributed by atoms with E-state index in [2.05, 4.69) is 18.1 Å². The fraction of sp³-hybridized carbons (Fsp3) is 0. The first-order valence-corrected chi connectivity index (χ1v) is 7.65. The molecule has 1 N–H and O–H groups in total. The number of halogens is 1. The number of nitrogens with zero attached hydrogens (tertiary/aromatic N) is 1. The topological polar surface area (TPSA) is 45.8 Å². The Hall–Kier alpha value is -1.56. The molecule has 0 saturated heterocycles. The van der Waals surface area contributed by atoms with Gasteiger partial charge in [-0.2, -0.15) is 0 Å². The Morgan fingerprint density at radius 1 is 1.24 bits per heavy atom. The van der Waals surface area contributed by atoms with E-state index in [1.165, 1.54) is 0 Å². The molecule has 1 aromatic carbocycles. The van der Waals surface area contributed by atoms with Crippen molar-refractivity contribution in [3.05, 3.63) is 56.7 Å². The average Bonchev–Trinajstić information content (AvgIpc) is 2.40. The number of para-hydroxylation sites is 1. The number of rotatable bonds is 1. The van der Waals surface area contributed by atoms with Crippen LogP contribution in [0.2, 0.25) is 0 Å². The summed E-state index contributed by atoms with van der Waals surface area (Å²) in [5.41, 5.74) is 1.62. The first-order chi connectivity index (χ1) is 8.34. The molecule has 1 aromatic heterocycles. The summed E-state index contributed by atoms with van der Waals surface area (Å²) in [6.07, 6.45) is 4.06. The van der Waals surface area contributed by atoms with Crippen molar-refractivity contribution in [1.29, 1.82) is 0 Å². The van der Waals surface area contributed by atoms with Gasteiger partial charge in [-0.25, -0.2) is 4.98 Å². The Bertz CT molecular complexity index is 726. The highest BCUT2D eigenvalue weighted by atomic mass is 127. The summed E-state index contributed by atoms with van der Waals surface area (Å²) in [5.74, 6) is 0.643. The van der Waals surface area contributed by atoms with Crippen LogP contribution in [0.3, 0.4) is 0 Å². The minimum Gasteiger partial charge on any atom is -0.306 e. The first-order valence-electron chi connectivity index (χ1n) is 5.16. The normalized spacial score (nSPS) is 14.5. The minimum atomic E-state index is -0.0832. The molecule has 1 aliphatic rings. The molecular weight excluding hydrogens is 327 g/mol. The van der Waals surface area contributed by atoms with E-state index < -0.39 is 0 Å². The molecule has 84 valence electrons. The lowest BCUT2D eigenvalue weighted by Crippen LogP contribution is -2.11. The van der Waals surface area contributed by atoms with Gasteiger partial charge in [-0.15, -0.1) is 0 Å². The van der Waals surface area contributed by atoms with Crippen LogP contribution in [-0.4, -0.2) is 14.0 Å². The van der Waals surface area contributed by atoms with Crippen molar-refractivity contribution in [2.24, 2.45) is 0 Å². The summed E-state index contributed by atoms with van der Waals surface area (Å²) in [7, 11) is 0. The van der Waals surface area contributed by atoms with E-state index in [4.69, 9.17) is 0 Å². The predicted molar refractivity (Wildman–Crippen MR) is 79.6 cm³/mol. The van der Waals surface area contributed by atoms with E-state index in [1.54, 1.807) is 6.07 Å². The number of aromatic nitrogens is 2. The van der Waals surface area contributed by atoms with Crippen molar-refractivity contribution >= 4 is 41.2 Å². The van der Waals surface area contributed by atoms with E-state index in [1.807, 2.05) is 30.4 Å². The molecule has 2 heterocycles. The molecule has 1 aliphatic heterocycles. The van der Waals surface area contributed by atoms with E-state index >= 15 is 0 Å². The Morgan fingerprint density at radius 2 is 2.12 bits per heavy atom. The molecule has 0 unspecified atom stereocenters. The quantitative estimate of drug-likeness (QED) is 0.814. The average molecular weight is 336 g/mol. The molecule has 0 spiro atoms. The molecule has 4 heteroatoms. The van der Waals surface area contributed by atoms with Crippen LogP contribution in [0.1, 0.15) is 5.82 Å². The number of benzene rings is 1. The molecule has 0 aliphatic carbocycles. The summed E-state index contributed by atoms with van der Waals surface area (Å²) < 4.78 is 4.31. The van der Waals surface area contributed by atoms with Crippen LogP contribution >= 0.6 is 20.7 Å². The van der Waals surface area contributed by atoms with Gasteiger partial charge in [0.1, 0.15) is 5.82 Å². The largest absolute Gasteiger partial charge is 0.306 e. The lowest BCUT2D eigenvalue weighted by Gasteiger charge is -2.04. The van der Waals surface area contributed by atoms with Crippen LogP contribution in [0, 0.1) is 0 Å². The van der Waals surface area contributed by atoms with E-state index in [-0.39, 0.29) is 26.3 Å². The number of H-pyrrole nitrogens is 1. The number of aromatic amines is 1. The SMILES string of the molecule is O=c1[nH]c(C2=CC=IC=C2)nc2ccccc12. The molecule has 17 heavy (non-hydrogen) atoms. The first kappa shape index (κ1) is 10.6. The number of nitrogens with one attached hydrogen (secondary N) is 1. The number of allylic oxidation sites excluding steroid dienone is 3. The minimum absolute atomic E-state index is 0.0507. The third kappa shape index (κ3) is 2.00. The van der Waals surface area contributed by atoms with Gasteiger partial charge in [0, 0.05) is 5.57 Å². The van der Waals surface area contributed by atoms with Crippen LogP contribution in [0.25, 0.3) is 16.5 Å². The molecule has 0 atom stereocenters. The monoisotopic (exact) mass is 336 g/mol.